The lowest BCUT2D eigenvalue weighted by Gasteiger charge is -2.49. The molecule has 9 rings (SSSR count). The molecule has 3 N–H and O–H groups in total. The summed E-state index contributed by atoms with van der Waals surface area (Å²) in [5.74, 6) is -7.86. The number of aromatic nitrogens is 2. The van der Waals surface area contributed by atoms with Gasteiger partial charge in [-0.05, 0) is 108 Å². The summed E-state index contributed by atoms with van der Waals surface area (Å²) in [6.07, 6.45) is 2.12. The van der Waals surface area contributed by atoms with Gasteiger partial charge in [0.05, 0.1) is 45.3 Å². The lowest BCUT2D eigenvalue weighted by atomic mass is 9.51. The number of aromatic carboxylic acids is 1. The molecule has 0 radical (unpaired) electrons. The number of carboxylic acid groups (broad SMARTS) is 1. The summed E-state index contributed by atoms with van der Waals surface area (Å²) >= 11 is 11.3. The number of amides is 4. The van der Waals surface area contributed by atoms with Crippen LogP contribution in [0.4, 0.5) is 11.5 Å². The molecule has 0 spiro atoms. The van der Waals surface area contributed by atoms with Gasteiger partial charge in [0.1, 0.15) is 22.8 Å². The number of hydrogen-bond donors (Lipinski definition) is 3. The Bertz CT molecular complexity index is 2740. The number of benzene rings is 3. The number of aromatic hydroxyl groups is 2. The predicted octanol–water partition coefficient (Wildman–Crippen LogP) is 7.58. The van der Waals surface area contributed by atoms with Crippen LogP contribution in [0.25, 0.3) is 20.7 Å². The highest BCUT2D eigenvalue weighted by Gasteiger charge is 2.68. The Morgan fingerprint density at radius 1 is 1.00 bits per heavy atom. The number of rotatable bonds is 6. The zero-order valence-corrected chi connectivity index (χ0v) is 34.5. The minimum absolute atomic E-state index is 0.0279. The highest BCUT2D eigenvalue weighted by molar-refractivity contribution is 9.10. The van der Waals surface area contributed by atoms with Crippen LogP contribution in [0.5, 0.6) is 17.2 Å². The summed E-state index contributed by atoms with van der Waals surface area (Å²) in [5, 5.41) is 37.1. The minimum atomic E-state index is -1.40. The molecular formula is C42H34BrClN4O9S. The quantitative estimate of drug-likeness (QED) is 0.114. The zero-order valence-electron chi connectivity index (χ0n) is 31.3. The maximum atomic E-state index is 15.2. The van der Waals surface area contributed by atoms with Crippen LogP contribution in [0.1, 0.15) is 47.2 Å². The molecule has 1 saturated carbocycles. The Morgan fingerprint density at radius 3 is 2.47 bits per heavy atom. The van der Waals surface area contributed by atoms with Gasteiger partial charge in [0.15, 0.2) is 11.5 Å². The number of phenolic OH excluding ortho intramolecular Hbond substituents is 1. The molecule has 58 heavy (non-hydrogen) atoms. The average Bonchev–Trinajstić information content (AvgIpc) is 3.85. The molecule has 0 bridgehead atoms. The number of imide groups is 2. The van der Waals surface area contributed by atoms with Gasteiger partial charge in [-0.1, -0.05) is 23.3 Å². The number of hydrogen-bond acceptors (Lipinski definition) is 10. The number of anilines is 2. The normalized spacial score (nSPS) is 25.3. The molecule has 2 aliphatic carbocycles. The van der Waals surface area contributed by atoms with Crippen molar-refractivity contribution in [2.75, 3.05) is 16.9 Å². The molecule has 2 aromatic heterocycles. The van der Waals surface area contributed by atoms with Gasteiger partial charge in [0.2, 0.25) is 23.6 Å². The van der Waals surface area contributed by atoms with Crippen LogP contribution in [-0.4, -0.2) is 61.8 Å². The van der Waals surface area contributed by atoms with Gasteiger partial charge in [-0.25, -0.2) is 14.6 Å². The summed E-state index contributed by atoms with van der Waals surface area (Å²) in [5.41, 5.74) is 1.05. The maximum absolute atomic E-state index is 15.2. The predicted molar refractivity (Wildman–Crippen MR) is 218 cm³/mol. The first-order valence-electron chi connectivity index (χ1n) is 18.4. The fraction of sp³-hybridized carbons (Fsp3) is 0.286. The Morgan fingerprint density at radius 2 is 1.76 bits per heavy atom. The highest BCUT2D eigenvalue weighted by atomic mass is 79.9. The van der Waals surface area contributed by atoms with Gasteiger partial charge in [0.25, 0.3) is 0 Å². The number of allylic oxidation sites excluding steroid dienone is 2. The van der Waals surface area contributed by atoms with E-state index < -0.39 is 70.4 Å². The van der Waals surface area contributed by atoms with Gasteiger partial charge in [-0.3, -0.25) is 23.9 Å². The van der Waals surface area contributed by atoms with Crippen molar-refractivity contribution in [2.45, 2.75) is 32.6 Å². The molecule has 296 valence electrons. The average molecular weight is 886 g/mol. The Balaban J connectivity index is 1.16. The van der Waals surface area contributed by atoms with E-state index in [1.165, 1.54) is 34.1 Å². The molecule has 13 nitrogen and oxygen atoms in total. The molecule has 5 aromatic rings. The first-order chi connectivity index (χ1) is 27.6. The third kappa shape index (κ3) is 5.25. The summed E-state index contributed by atoms with van der Waals surface area (Å²) < 4.78 is 8.35. The number of fused-ring (bicyclic) bond motifs is 5. The Kier molecular flexibility index (Phi) is 8.70. The summed E-state index contributed by atoms with van der Waals surface area (Å²) in [6.45, 7) is 3.73. The van der Waals surface area contributed by atoms with E-state index in [0.29, 0.717) is 26.3 Å². The van der Waals surface area contributed by atoms with Crippen LogP contribution in [0, 0.1) is 36.0 Å². The van der Waals surface area contributed by atoms with Gasteiger partial charge in [-0.2, -0.15) is 5.10 Å². The van der Waals surface area contributed by atoms with E-state index in [-0.39, 0.29) is 41.4 Å². The monoisotopic (exact) mass is 884 g/mol. The number of aryl methyl sites for hydroxylation is 2. The third-order valence-electron chi connectivity index (χ3n) is 12.6. The van der Waals surface area contributed by atoms with Crippen LogP contribution >= 0.6 is 38.9 Å². The molecule has 2 saturated heterocycles. The number of carbonyl (C=O) groups is 5. The molecule has 0 unspecified atom stereocenters. The largest absolute Gasteiger partial charge is 0.507 e. The first kappa shape index (κ1) is 38.0. The number of nitrogens with zero attached hydrogens (tertiary/aromatic N) is 4. The lowest BCUT2D eigenvalue weighted by Crippen LogP contribution is -2.49. The van der Waals surface area contributed by atoms with Crippen molar-refractivity contribution in [1.82, 2.24) is 9.78 Å². The Labute approximate surface area is 348 Å². The van der Waals surface area contributed by atoms with Crippen LogP contribution in [0.15, 0.2) is 70.7 Å². The number of methoxy groups -OCH3 is 1. The molecule has 6 atom stereocenters. The molecule has 4 amide bonds. The number of phenols is 2. The topological polar surface area (TPSA) is 180 Å². The number of carboxylic acids is 1. The van der Waals surface area contributed by atoms with Crippen LogP contribution in [0.3, 0.4) is 0 Å². The van der Waals surface area contributed by atoms with E-state index >= 15 is 4.79 Å². The van der Waals surface area contributed by atoms with E-state index in [4.69, 9.17) is 21.4 Å². The number of carbonyl (C=O) groups excluding carboxylic acids is 4. The van der Waals surface area contributed by atoms with Crippen LogP contribution in [0.2, 0.25) is 5.02 Å². The molecular weight excluding hydrogens is 852 g/mol. The molecule has 2 aliphatic heterocycles. The molecule has 4 heterocycles. The van der Waals surface area contributed by atoms with Crippen molar-refractivity contribution in [3.05, 3.63) is 92.4 Å². The number of ether oxygens (including phenoxy) is 1. The van der Waals surface area contributed by atoms with Crippen LogP contribution in [-0.2, 0) is 26.2 Å². The van der Waals surface area contributed by atoms with Gasteiger partial charge >= 0.3 is 5.97 Å². The third-order valence-corrected chi connectivity index (χ3v) is 14.7. The number of thiophene rings is 1. The lowest BCUT2D eigenvalue weighted by molar-refractivity contribution is -0.131. The first-order valence-corrected chi connectivity index (χ1v) is 20.4. The van der Waals surface area contributed by atoms with Crippen LogP contribution < -0.4 is 14.5 Å². The SMILES string of the molecule is COc1cc([C@H]2C3=CC[C@@H]4C(=O)N(c5ccc(C(=O)O)c(O)c5)C(=O)[C@@H]4[C@@H]3C[C@H]3C(=O)N(c4cc(-c5sc6ccc(Cl)cc6c5C)nn4C)C(=O)[C@@]23C)cc(Br)c1O. The van der Waals surface area contributed by atoms with Gasteiger partial charge < -0.3 is 20.1 Å². The maximum Gasteiger partial charge on any atom is 0.339 e. The second-order valence-corrected chi connectivity index (χ2v) is 17.8. The molecule has 3 fully saturated rings. The van der Waals surface area contributed by atoms with Crippen molar-refractivity contribution >= 4 is 90.1 Å². The smallest absolute Gasteiger partial charge is 0.339 e. The van der Waals surface area contributed by atoms with Crippen molar-refractivity contribution in [3.8, 4) is 27.8 Å². The van der Waals surface area contributed by atoms with E-state index in [0.717, 1.165) is 37.6 Å². The summed E-state index contributed by atoms with van der Waals surface area (Å²) in [4.78, 5) is 73.4. The summed E-state index contributed by atoms with van der Waals surface area (Å²) in [7, 11) is 3.08. The van der Waals surface area contributed by atoms with Gasteiger partial charge in [-0.15, -0.1) is 11.3 Å². The number of halogens is 2. The van der Waals surface area contributed by atoms with Crippen molar-refractivity contribution in [2.24, 2.45) is 36.1 Å². The van der Waals surface area contributed by atoms with Crippen molar-refractivity contribution in [1.29, 1.82) is 0 Å². The highest BCUT2D eigenvalue weighted by Crippen LogP contribution is 2.64. The molecule has 16 heteroatoms. The standard InChI is InChI=1S/C42H34BrClN4O9S/c1-17-24-13-19(44)5-10-31(24)58-36(17)28-16-32(46(3)45-28)48-38(52)26-15-25-21(34(42(26,2)41(48)56)18-11-27(43)35(50)30(12-18)57-4)8-9-23-33(25)39(53)47(37(23)51)20-6-7-22(40(54)55)29(49)14-20/h5-8,10-14,16,23,25-26,33-34,49-50H,9,15H2,1-4H3,(H,54,55)/t23-,25+,26-,33-,34-,42+/m0/s1. The van der Waals surface area contributed by atoms with E-state index in [2.05, 4.69) is 15.9 Å². The molecule has 3 aromatic carbocycles. The minimum Gasteiger partial charge on any atom is -0.507 e. The Hall–Kier alpha value is -5.51. The van der Waals surface area contributed by atoms with E-state index in [1.54, 1.807) is 32.2 Å². The van der Waals surface area contributed by atoms with Gasteiger partial charge in [0, 0.05) is 34.8 Å². The fourth-order valence-electron chi connectivity index (χ4n) is 9.84. The zero-order chi connectivity index (χ0) is 41.3. The second kappa shape index (κ2) is 13.3. The van der Waals surface area contributed by atoms with Crippen molar-refractivity contribution < 1.29 is 44.0 Å². The van der Waals surface area contributed by atoms with Crippen molar-refractivity contribution in [3.63, 3.8) is 0 Å². The van der Waals surface area contributed by atoms with E-state index in [9.17, 15) is 34.5 Å². The fourth-order valence-corrected chi connectivity index (χ4v) is 11.6. The second-order valence-electron chi connectivity index (χ2n) is 15.4. The van der Waals surface area contributed by atoms with E-state index in [1.807, 2.05) is 31.2 Å². The summed E-state index contributed by atoms with van der Waals surface area (Å²) in [6, 6.07) is 14.2. The molecule has 4 aliphatic rings.